The molecule has 0 aromatic heterocycles. The molecule has 0 amide bonds. The third-order valence-electron chi connectivity index (χ3n) is 5.20. The third kappa shape index (κ3) is 1.91. The highest BCUT2D eigenvalue weighted by Crippen LogP contribution is 2.49. The molecule has 1 heterocycles. The Bertz CT molecular complexity index is 229. The lowest BCUT2D eigenvalue weighted by Crippen LogP contribution is -2.60. The van der Waals surface area contributed by atoms with Crippen molar-refractivity contribution in [1.82, 2.24) is 4.90 Å². The van der Waals surface area contributed by atoms with Gasteiger partial charge in [-0.2, -0.15) is 0 Å². The fraction of sp³-hybridized carbons (Fsp3) is 1.00. The van der Waals surface area contributed by atoms with E-state index < -0.39 is 0 Å². The van der Waals surface area contributed by atoms with Gasteiger partial charge in [-0.15, -0.1) is 0 Å². The predicted molar refractivity (Wildman–Crippen MR) is 69.5 cm³/mol. The van der Waals surface area contributed by atoms with Crippen LogP contribution in [-0.4, -0.2) is 30.1 Å². The van der Waals surface area contributed by atoms with E-state index in [0.29, 0.717) is 11.0 Å². The summed E-state index contributed by atoms with van der Waals surface area (Å²) in [6, 6.07) is 0. The van der Waals surface area contributed by atoms with Crippen molar-refractivity contribution in [3.05, 3.63) is 0 Å². The van der Waals surface area contributed by atoms with Gasteiger partial charge in [0.1, 0.15) is 0 Å². The lowest BCUT2D eigenvalue weighted by molar-refractivity contribution is 0.0152. The van der Waals surface area contributed by atoms with E-state index in [1.807, 2.05) is 0 Å². The Morgan fingerprint density at radius 1 is 0.938 bits per heavy atom. The van der Waals surface area contributed by atoms with Crippen molar-refractivity contribution in [2.24, 2.45) is 11.1 Å². The number of rotatable bonds is 2. The molecule has 2 heteroatoms. The molecular weight excluding hydrogens is 196 g/mol. The van der Waals surface area contributed by atoms with Gasteiger partial charge in [-0.1, -0.05) is 33.1 Å². The van der Waals surface area contributed by atoms with Crippen LogP contribution < -0.4 is 5.73 Å². The fourth-order valence-corrected chi connectivity index (χ4v) is 3.99. The highest BCUT2D eigenvalue weighted by atomic mass is 15.2. The molecular formula is C14H28N2. The molecule has 2 N–H and O–H groups in total. The number of nitrogens with zero attached hydrogens (tertiary/aromatic N) is 1. The second-order valence-corrected chi connectivity index (χ2v) is 6.37. The first-order valence-corrected chi connectivity index (χ1v) is 7.07. The Hall–Kier alpha value is -0.0800. The van der Waals surface area contributed by atoms with Crippen LogP contribution in [0.2, 0.25) is 0 Å². The fourth-order valence-electron chi connectivity index (χ4n) is 3.99. The van der Waals surface area contributed by atoms with Crippen LogP contribution in [0, 0.1) is 5.41 Å². The molecule has 2 nitrogen and oxygen atoms in total. The zero-order chi connectivity index (χ0) is 11.6. The van der Waals surface area contributed by atoms with Gasteiger partial charge < -0.3 is 5.73 Å². The quantitative estimate of drug-likeness (QED) is 0.781. The van der Waals surface area contributed by atoms with Gasteiger partial charge in [-0.3, -0.25) is 4.90 Å². The van der Waals surface area contributed by atoms with Crippen LogP contribution >= 0.6 is 0 Å². The standard InChI is InChI=1S/C14H28N2/c1-13(2)8-7-9-14(13,12-15)16-10-5-3-4-6-11-16/h3-12,15H2,1-2H3. The van der Waals surface area contributed by atoms with Crippen LogP contribution in [0.5, 0.6) is 0 Å². The summed E-state index contributed by atoms with van der Waals surface area (Å²) in [5, 5.41) is 0. The molecule has 94 valence electrons. The van der Waals surface area contributed by atoms with E-state index in [1.54, 1.807) is 0 Å². The van der Waals surface area contributed by atoms with E-state index in [9.17, 15) is 0 Å². The largest absolute Gasteiger partial charge is 0.329 e. The van der Waals surface area contributed by atoms with Crippen molar-refractivity contribution >= 4 is 0 Å². The molecule has 0 aromatic rings. The average molecular weight is 224 g/mol. The Kier molecular flexibility index (Phi) is 3.60. The molecule has 1 atom stereocenters. The first-order valence-electron chi connectivity index (χ1n) is 7.07. The second-order valence-electron chi connectivity index (χ2n) is 6.37. The van der Waals surface area contributed by atoms with Crippen molar-refractivity contribution < 1.29 is 0 Å². The minimum Gasteiger partial charge on any atom is -0.329 e. The lowest BCUT2D eigenvalue weighted by Gasteiger charge is -2.49. The normalized spacial score (nSPS) is 36.2. The lowest BCUT2D eigenvalue weighted by atomic mass is 9.73. The molecule has 0 spiro atoms. The molecule has 2 rings (SSSR count). The van der Waals surface area contributed by atoms with Crippen LogP contribution in [-0.2, 0) is 0 Å². The van der Waals surface area contributed by atoms with Gasteiger partial charge in [0.05, 0.1) is 0 Å². The van der Waals surface area contributed by atoms with Crippen LogP contribution in [0.15, 0.2) is 0 Å². The van der Waals surface area contributed by atoms with E-state index in [-0.39, 0.29) is 0 Å². The van der Waals surface area contributed by atoms with Gasteiger partial charge in [0, 0.05) is 12.1 Å². The Morgan fingerprint density at radius 2 is 1.56 bits per heavy atom. The Balaban J connectivity index is 2.19. The van der Waals surface area contributed by atoms with Gasteiger partial charge in [0.2, 0.25) is 0 Å². The number of likely N-dealkylation sites (tertiary alicyclic amines) is 1. The Morgan fingerprint density at radius 3 is 2.00 bits per heavy atom. The number of hydrogen-bond acceptors (Lipinski definition) is 2. The summed E-state index contributed by atoms with van der Waals surface area (Å²) < 4.78 is 0. The Labute approximate surface area is 101 Å². The topological polar surface area (TPSA) is 29.3 Å². The van der Waals surface area contributed by atoms with Gasteiger partial charge in [-0.25, -0.2) is 0 Å². The summed E-state index contributed by atoms with van der Waals surface area (Å²) >= 11 is 0. The summed E-state index contributed by atoms with van der Waals surface area (Å²) in [4.78, 5) is 2.74. The van der Waals surface area contributed by atoms with Crippen LogP contribution in [0.25, 0.3) is 0 Å². The molecule has 1 aliphatic heterocycles. The van der Waals surface area contributed by atoms with E-state index in [4.69, 9.17) is 5.73 Å². The summed E-state index contributed by atoms with van der Waals surface area (Å²) in [5.41, 5.74) is 6.90. The van der Waals surface area contributed by atoms with E-state index in [0.717, 1.165) is 6.54 Å². The summed E-state index contributed by atoms with van der Waals surface area (Å²) in [6.45, 7) is 8.26. The van der Waals surface area contributed by atoms with Gasteiger partial charge in [0.15, 0.2) is 0 Å². The van der Waals surface area contributed by atoms with Crippen molar-refractivity contribution in [2.45, 2.75) is 64.3 Å². The molecule has 2 fully saturated rings. The summed E-state index contributed by atoms with van der Waals surface area (Å²) in [7, 11) is 0. The SMILES string of the molecule is CC1(C)CCCC1(CN)N1CCCCCC1. The number of nitrogens with two attached hydrogens (primary N) is 1. The molecule has 0 bridgehead atoms. The molecule has 0 radical (unpaired) electrons. The first kappa shape index (κ1) is 12.4. The molecule has 1 aliphatic carbocycles. The maximum absolute atomic E-state index is 6.18. The smallest absolute Gasteiger partial charge is 0.0382 e. The zero-order valence-corrected chi connectivity index (χ0v) is 11.1. The highest BCUT2D eigenvalue weighted by Gasteiger charge is 2.51. The number of hydrogen-bond donors (Lipinski definition) is 1. The molecule has 0 aromatic carbocycles. The summed E-state index contributed by atoms with van der Waals surface area (Å²) in [5.74, 6) is 0. The molecule has 1 unspecified atom stereocenters. The molecule has 1 saturated carbocycles. The van der Waals surface area contributed by atoms with Gasteiger partial charge >= 0.3 is 0 Å². The van der Waals surface area contributed by atoms with E-state index >= 15 is 0 Å². The molecule has 2 aliphatic rings. The van der Waals surface area contributed by atoms with Crippen molar-refractivity contribution in [2.75, 3.05) is 19.6 Å². The van der Waals surface area contributed by atoms with E-state index in [2.05, 4.69) is 18.7 Å². The van der Waals surface area contributed by atoms with Crippen molar-refractivity contribution in [3.8, 4) is 0 Å². The molecule has 1 saturated heterocycles. The zero-order valence-electron chi connectivity index (χ0n) is 11.1. The van der Waals surface area contributed by atoms with Crippen LogP contribution in [0.1, 0.15) is 58.8 Å². The van der Waals surface area contributed by atoms with Crippen molar-refractivity contribution in [3.63, 3.8) is 0 Å². The van der Waals surface area contributed by atoms with E-state index in [1.165, 1.54) is 58.0 Å². The maximum Gasteiger partial charge on any atom is 0.0382 e. The van der Waals surface area contributed by atoms with Crippen molar-refractivity contribution in [1.29, 1.82) is 0 Å². The van der Waals surface area contributed by atoms with Crippen LogP contribution in [0.4, 0.5) is 0 Å². The van der Waals surface area contributed by atoms with Crippen LogP contribution in [0.3, 0.4) is 0 Å². The van der Waals surface area contributed by atoms with Gasteiger partial charge in [-0.05, 0) is 44.2 Å². The minimum atomic E-state index is 0.303. The molecule has 16 heavy (non-hydrogen) atoms. The average Bonchev–Trinajstić information content (AvgIpc) is 2.47. The second kappa shape index (κ2) is 4.66. The predicted octanol–water partition coefficient (Wildman–Crippen LogP) is 2.77. The highest BCUT2D eigenvalue weighted by molar-refractivity contribution is 5.07. The first-order chi connectivity index (χ1) is 7.62. The van der Waals surface area contributed by atoms with Gasteiger partial charge in [0.25, 0.3) is 0 Å². The monoisotopic (exact) mass is 224 g/mol. The summed E-state index contributed by atoms with van der Waals surface area (Å²) in [6.07, 6.45) is 9.60. The maximum atomic E-state index is 6.18. The third-order valence-corrected chi connectivity index (χ3v) is 5.20. The minimum absolute atomic E-state index is 0.303.